The van der Waals surface area contributed by atoms with Gasteiger partial charge < -0.3 is 10.2 Å². The molecule has 0 unspecified atom stereocenters. The Bertz CT molecular complexity index is 235. The lowest BCUT2D eigenvalue weighted by atomic mass is 9.83. The molecule has 2 fully saturated rings. The minimum Gasteiger partial charge on any atom is -0.315 e. The Morgan fingerprint density at radius 2 is 1.67 bits per heavy atom. The van der Waals surface area contributed by atoms with E-state index in [2.05, 4.69) is 31.2 Å². The van der Waals surface area contributed by atoms with E-state index in [4.69, 9.17) is 0 Å². The van der Waals surface area contributed by atoms with Gasteiger partial charge in [0.15, 0.2) is 0 Å². The summed E-state index contributed by atoms with van der Waals surface area (Å²) in [6.45, 7) is 4.86. The topological polar surface area (TPSA) is 15.3 Å². The minimum absolute atomic E-state index is 0.460. The Morgan fingerprint density at radius 1 is 1.06 bits per heavy atom. The molecule has 0 aromatic rings. The third kappa shape index (κ3) is 3.48. The molecule has 0 amide bonds. The van der Waals surface area contributed by atoms with E-state index in [0.717, 1.165) is 11.8 Å². The van der Waals surface area contributed by atoms with E-state index in [1.54, 1.807) is 0 Å². The zero-order valence-electron chi connectivity index (χ0n) is 12.7. The molecule has 2 rings (SSSR count). The van der Waals surface area contributed by atoms with Crippen LogP contribution in [0, 0.1) is 11.8 Å². The molecule has 0 aliphatic heterocycles. The largest absolute Gasteiger partial charge is 0.315 e. The second kappa shape index (κ2) is 6.38. The second-order valence-electron chi connectivity index (χ2n) is 7.08. The maximum Gasteiger partial charge on any atom is 0.0327 e. The summed E-state index contributed by atoms with van der Waals surface area (Å²) in [5, 5.41) is 3.79. The second-order valence-corrected chi connectivity index (χ2v) is 7.08. The quantitative estimate of drug-likeness (QED) is 0.808. The predicted molar refractivity (Wildman–Crippen MR) is 78.9 cm³/mol. The summed E-state index contributed by atoms with van der Waals surface area (Å²) in [6, 6.07) is 0. The molecular formula is C16H32N2. The van der Waals surface area contributed by atoms with Gasteiger partial charge in [0.25, 0.3) is 0 Å². The average molecular weight is 252 g/mol. The highest BCUT2D eigenvalue weighted by Gasteiger charge is 2.35. The van der Waals surface area contributed by atoms with Crippen LogP contribution >= 0.6 is 0 Å². The van der Waals surface area contributed by atoms with Crippen LogP contribution in [0.1, 0.15) is 58.3 Å². The van der Waals surface area contributed by atoms with Crippen LogP contribution in [0.2, 0.25) is 0 Å². The molecule has 0 spiro atoms. The zero-order chi connectivity index (χ0) is 13.0. The molecule has 0 saturated heterocycles. The number of nitrogens with zero attached hydrogens (tertiary/aromatic N) is 1. The molecule has 0 atom stereocenters. The van der Waals surface area contributed by atoms with Crippen LogP contribution in [0.25, 0.3) is 0 Å². The first-order chi connectivity index (χ1) is 8.62. The zero-order valence-corrected chi connectivity index (χ0v) is 12.7. The minimum atomic E-state index is 0.460. The first kappa shape index (κ1) is 14.3. The molecule has 0 heterocycles. The van der Waals surface area contributed by atoms with Gasteiger partial charge in [0, 0.05) is 12.1 Å². The van der Waals surface area contributed by atoms with Crippen molar-refractivity contribution in [3.8, 4) is 0 Å². The molecule has 106 valence electrons. The fourth-order valence-electron chi connectivity index (χ4n) is 3.86. The molecule has 0 aromatic carbocycles. The molecule has 1 N–H and O–H groups in total. The molecule has 0 radical (unpaired) electrons. The van der Waals surface area contributed by atoms with Crippen molar-refractivity contribution < 1.29 is 0 Å². The highest BCUT2D eigenvalue weighted by molar-refractivity contribution is 4.94. The molecule has 2 saturated carbocycles. The van der Waals surface area contributed by atoms with Gasteiger partial charge in [-0.2, -0.15) is 0 Å². The van der Waals surface area contributed by atoms with Gasteiger partial charge in [-0.25, -0.2) is 0 Å². The summed E-state index contributed by atoms with van der Waals surface area (Å²) < 4.78 is 0. The van der Waals surface area contributed by atoms with Gasteiger partial charge in [-0.15, -0.1) is 0 Å². The Morgan fingerprint density at radius 3 is 2.22 bits per heavy atom. The average Bonchev–Trinajstić information content (AvgIpc) is 2.82. The Hall–Kier alpha value is -0.0800. The van der Waals surface area contributed by atoms with Gasteiger partial charge >= 0.3 is 0 Å². The van der Waals surface area contributed by atoms with E-state index in [1.807, 2.05) is 0 Å². The summed E-state index contributed by atoms with van der Waals surface area (Å²) in [5.74, 6) is 1.92. The Labute approximate surface area is 114 Å². The summed E-state index contributed by atoms with van der Waals surface area (Å²) in [6.07, 6.45) is 11.4. The van der Waals surface area contributed by atoms with Crippen molar-refractivity contribution in [1.29, 1.82) is 0 Å². The highest BCUT2D eigenvalue weighted by Crippen LogP contribution is 2.33. The third-order valence-electron chi connectivity index (χ3n) is 5.51. The van der Waals surface area contributed by atoms with E-state index in [1.165, 1.54) is 64.5 Å². The maximum absolute atomic E-state index is 3.79. The third-order valence-corrected chi connectivity index (χ3v) is 5.51. The van der Waals surface area contributed by atoms with Crippen LogP contribution in [0.4, 0.5) is 0 Å². The summed E-state index contributed by atoms with van der Waals surface area (Å²) >= 11 is 0. The molecule has 2 nitrogen and oxygen atoms in total. The van der Waals surface area contributed by atoms with Crippen molar-refractivity contribution in [2.75, 3.05) is 27.2 Å². The number of hydrogen-bond donors (Lipinski definition) is 1. The van der Waals surface area contributed by atoms with Crippen LogP contribution in [0.15, 0.2) is 0 Å². The van der Waals surface area contributed by atoms with Gasteiger partial charge in [0.1, 0.15) is 0 Å². The number of nitrogens with one attached hydrogen (secondary N) is 1. The number of likely N-dealkylation sites (N-methyl/N-ethyl adjacent to an activating group) is 1. The van der Waals surface area contributed by atoms with Gasteiger partial charge in [-0.05, 0) is 58.2 Å². The first-order valence-electron chi connectivity index (χ1n) is 8.00. The number of rotatable bonds is 5. The van der Waals surface area contributed by atoms with E-state index < -0.39 is 0 Å². The van der Waals surface area contributed by atoms with Crippen molar-refractivity contribution in [2.24, 2.45) is 11.8 Å². The van der Waals surface area contributed by atoms with Crippen molar-refractivity contribution >= 4 is 0 Å². The van der Waals surface area contributed by atoms with Crippen LogP contribution in [0.3, 0.4) is 0 Å². The predicted octanol–water partition coefficient (Wildman–Crippen LogP) is 3.28. The standard InChI is InChI=1S/C16H32N2/c1-14-6-8-15(9-7-14)12-17-13-16(18(2)3)10-4-5-11-16/h14-15,17H,4-13H2,1-3H3. The first-order valence-corrected chi connectivity index (χ1v) is 8.00. The monoisotopic (exact) mass is 252 g/mol. The Balaban J connectivity index is 1.70. The molecule has 2 aliphatic rings. The summed E-state index contributed by atoms with van der Waals surface area (Å²) in [7, 11) is 4.52. The molecule has 2 heteroatoms. The van der Waals surface area contributed by atoms with Crippen molar-refractivity contribution in [3.05, 3.63) is 0 Å². The van der Waals surface area contributed by atoms with E-state index in [-0.39, 0.29) is 0 Å². The summed E-state index contributed by atoms with van der Waals surface area (Å²) in [5.41, 5.74) is 0.460. The van der Waals surface area contributed by atoms with Gasteiger partial charge in [0.05, 0.1) is 0 Å². The van der Waals surface area contributed by atoms with Crippen LogP contribution < -0.4 is 5.32 Å². The lowest BCUT2D eigenvalue weighted by Gasteiger charge is -2.37. The van der Waals surface area contributed by atoms with Crippen molar-refractivity contribution in [1.82, 2.24) is 10.2 Å². The summed E-state index contributed by atoms with van der Waals surface area (Å²) in [4.78, 5) is 2.47. The smallest absolute Gasteiger partial charge is 0.0327 e. The van der Waals surface area contributed by atoms with Gasteiger partial charge in [-0.1, -0.05) is 32.6 Å². The normalized spacial score (nSPS) is 32.0. The van der Waals surface area contributed by atoms with Gasteiger partial charge in [-0.3, -0.25) is 0 Å². The lowest BCUT2D eigenvalue weighted by molar-refractivity contribution is 0.149. The van der Waals surface area contributed by atoms with E-state index >= 15 is 0 Å². The van der Waals surface area contributed by atoms with Crippen molar-refractivity contribution in [2.45, 2.75) is 63.8 Å². The van der Waals surface area contributed by atoms with E-state index in [0.29, 0.717) is 5.54 Å². The van der Waals surface area contributed by atoms with E-state index in [9.17, 15) is 0 Å². The lowest BCUT2D eigenvalue weighted by Crippen LogP contribution is -2.50. The molecule has 18 heavy (non-hydrogen) atoms. The Kier molecular flexibility index (Phi) is 5.08. The molecular weight excluding hydrogens is 220 g/mol. The van der Waals surface area contributed by atoms with Gasteiger partial charge in [0.2, 0.25) is 0 Å². The fourth-order valence-corrected chi connectivity index (χ4v) is 3.86. The number of hydrogen-bond acceptors (Lipinski definition) is 2. The SMILES string of the molecule is CC1CCC(CNCC2(N(C)C)CCCC2)CC1. The molecule has 0 bridgehead atoms. The fraction of sp³-hybridized carbons (Fsp3) is 1.00. The van der Waals surface area contributed by atoms with Crippen LogP contribution in [0.5, 0.6) is 0 Å². The molecule has 2 aliphatic carbocycles. The van der Waals surface area contributed by atoms with Crippen LogP contribution in [-0.2, 0) is 0 Å². The van der Waals surface area contributed by atoms with Crippen LogP contribution in [-0.4, -0.2) is 37.6 Å². The maximum atomic E-state index is 3.79. The van der Waals surface area contributed by atoms with Crippen molar-refractivity contribution in [3.63, 3.8) is 0 Å². The highest BCUT2D eigenvalue weighted by atomic mass is 15.2. The molecule has 0 aromatic heterocycles.